The molecule has 0 aliphatic heterocycles. The van der Waals surface area contributed by atoms with E-state index in [0.717, 1.165) is 24.3 Å². The molecule has 2 heteroatoms. The lowest BCUT2D eigenvalue weighted by Crippen LogP contribution is -2.46. The molecule has 2 aliphatic carbocycles. The van der Waals surface area contributed by atoms with E-state index in [4.69, 9.17) is 5.73 Å². The topological polar surface area (TPSA) is 29.3 Å². The summed E-state index contributed by atoms with van der Waals surface area (Å²) in [5.74, 6) is 2.75. The molecule has 2 atom stereocenters. The summed E-state index contributed by atoms with van der Waals surface area (Å²) in [5.41, 5.74) is 6.00. The highest BCUT2D eigenvalue weighted by Crippen LogP contribution is 2.35. The Labute approximate surface area is 101 Å². The van der Waals surface area contributed by atoms with Gasteiger partial charge in [0.2, 0.25) is 0 Å². The Morgan fingerprint density at radius 2 is 1.62 bits per heavy atom. The minimum absolute atomic E-state index is 0.631. The molecular formula is C14H28N2. The fraction of sp³-hybridized carbons (Fsp3) is 1.00. The fourth-order valence-electron chi connectivity index (χ4n) is 2.62. The maximum absolute atomic E-state index is 6.00. The first-order valence-electron chi connectivity index (χ1n) is 7.18. The third kappa shape index (κ3) is 3.46. The van der Waals surface area contributed by atoms with Gasteiger partial charge in [0, 0.05) is 25.7 Å². The highest BCUT2D eigenvalue weighted by molar-refractivity contribution is 4.87. The van der Waals surface area contributed by atoms with Crippen LogP contribution in [0.2, 0.25) is 0 Å². The molecule has 2 N–H and O–H groups in total. The zero-order valence-electron chi connectivity index (χ0n) is 11.0. The van der Waals surface area contributed by atoms with Crippen molar-refractivity contribution in [2.45, 2.75) is 52.0 Å². The molecule has 2 saturated carbocycles. The van der Waals surface area contributed by atoms with Crippen LogP contribution in [0.5, 0.6) is 0 Å². The van der Waals surface area contributed by atoms with Gasteiger partial charge in [0.25, 0.3) is 0 Å². The van der Waals surface area contributed by atoms with Crippen LogP contribution in [0.4, 0.5) is 0 Å². The lowest BCUT2D eigenvalue weighted by Gasteiger charge is -2.35. The molecule has 0 saturated heterocycles. The second-order valence-corrected chi connectivity index (χ2v) is 6.03. The fourth-order valence-corrected chi connectivity index (χ4v) is 2.62. The van der Waals surface area contributed by atoms with Gasteiger partial charge in [0.15, 0.2) is 0 Å². The molecule has 0 radical (unpaired) electrons. The van der Waals surface area contributed by atoms with Gasteiger partial charge in [-0.25, -0.2) is 0 Å². The van der Waals surface area contributed by atoms with E-state index in [9.17, 15) is 0 Å². The predicted molar refractivity (Wildman–Crippen MR) is 69.3 cm³/mol. The smallest absolute Gasteiger partial charge is 0.0244 e. The molecule has 0 aromatic carbocycles. The first-order chi connectivity index (χ1) is 7.74. The summed E-state index contributed by atoms with van der Waals surface area (Å²) in [6, 6.07) is 0.631. The SMILES string of the molecule is CCC(C)C(CN)N(CC1CC1)CC1CC1. The highest BCUT2D eigenvalue weighted by atomic mass is 15.2. The van der Waals surface area contributed by atoms with Gasteiger partial charge in [0.05, 0.1) is 0 Å². The van der Waals surface area contributed by atoms with Gasteiger partial charge in [-0.3, -0.25) is 4.90 Å². The monoisotopic (exact) mass is 224 g/mol. The maximum Gasteiger partial charge on any atom is 0.0244 e. The molecular weight excluding hydrogens is 196 g/mol. The maximum atomic E-state index is 6.00. The minimum atomic E-state index is 0.631. The molecule has 2 unspecified atom stereocenters. The Balaban J connectivity index is 1.89. The lowest BCUT2D eigenvalue weighted by atomic mass is 9.97. The molecule has 0 heterocycles. The van der Waals surface area contributed by atoms with E-state index in [0.29, 0.717) is 6.04 Å². The molecule has 2 aliphatic rings. The molecule has 0 aromatic heterocycles. The second-order valence-electron chi connectivity index (χ2n) is 6.03. The molecule has 94 valence electrons. The zero-order chi connectivity index (χ0) is 11.5. The van der Waals surface area contributed by atoms with Crippen LogP contribution in [0.1, 0.15) is 46.0 Å². The van der Waals surface area contributed by atoms with Crippen LogP contribution in [0.25, 0.3) is 0 Å². The van der Waals surface area contributed by atoms with Crippen LogP contribution >= 0.6 is 0 Å². The molecule has 0 spiro atoms. The van der Waals surface area contributed by atoms with Gasteiger partial charge < -0.3 is 5.73 Å². The summed E-state index contributed by atoms with van der Waals surface area (Å²) in [5, 5.41) is 0. The highest BCUT2D eigenvalue weighted by Gasteiger charge is 2.33. The van der Waals surface area contributed by atoms with E-state index in [1.807, 2.05) is 0 Å². The lowest BCUT2D eigenvalue weighted by molar-refractivity contribution is 0.137. The third-order valence-electron chi connectivity index (χ3n) is 4.39. The minimum Gasteiger partial charge on any atom is -0.329 e. The van der Waals surface area contributed by atoms with Crippen molar-refractivity contribution in [3.05, 3.63) is 0 Å². The molecule has 0 amide bonds. The van der Waals surface area contributed by atoms with Crippen LogP contribution in [0.15, 0.2) is 0 Å². The zero-order valence-corrected chi connectivity index (χ0v) is 11.0. The van der Waals surface area contributed by atoms with Crippen LogP contribution in [-0.4, -0.2) is 30.6 Å². The van der Waals surface area contributed by atoms with Crippen LogP contribution in [0, 0.1) is 17.8 Å². The van der Waals surface area contributed by atoms with Crippen molar-refractivity contribution in [3.8, 4) is 0 Å². The Hall–Kier alpha value is -0.0800. The third-order valence-corrected chi connectivity index (χ3v) is 4.39. The van der Waals surface area contributed by atoms with Crippen molar-refractivity contribution < 1.29 is 0 Å². The van der Waals surface area contributed by atoms with E-state index in [1.165, 1.54) is 45.2 Å². The molecule has 2 rings (SSSR count). The average Bonchev–Trinajstić information content (AvgIpc) is 3.13. The van der Waals surface area contributed by atoms with Gasteiger partial charge in [0.1, 0.15) is 0 Å². The van der Waals surface area contributed by atoms with Gasteiger partial charge in [-0.05, 0) is 43.4 Å². The summed E-state index contributed by atoms with van der Waals surface area (Å²) < 4.78 is 0. The van der Waals surface area contributed by atoms with E-state index >= 15 is 0 Å². The number of hydrogen-bond donors (Lipinski definition) is 1. The molecule has 0 aromatic rings. The normalized spacial score (nSPS) is 24.8. The van der Waals surface area contributed by atoms with Gasteiger partial charge in [-0.2, -0.15) is 0 Å². The number of rotatable bonds is 8. The second kappa shape index (κ2) is 5.50. The Kier molecular flexibility index (Phi) is 4.26. The van der Waals surface area contributed by atoms with Crippen molar-refractivity contribution in [2.24, 2.45) is 23.5 Å². The van der Waals surface area contributed by atoms with Crippen LogP contribution < -0.4 is 5.73 Å². The van der Waals surface area contributed by atoms with Crippen molar-refractivity contribution >= 4 is 0 Å². The number of nitrogens with zero attached hydrogens (tertiary/aromatic N) is 1. The Morgan fingerprint density at radius 1 is 1.12 bits per heavy atom. The summed E-state index contributed by atoms with van der Waals surface area (Å²) in [4.78, 5) is 2.73. The summed E-state index contributed by atoms with van der Waals surface area (Å²) in [6.07, 6.45) is 7.09. The average molecular weight is 224 g/mol. The molecule has 2 nitrogen and oxygen atoms in total. The van der Waals surface area contributed by atoms with Crippen molar-refractivity contribution in [1.29, 1.82) is 0 Å². The standard InChI is InChI=1S/C14H28N2/c1-3-11(2)14(8-15)16(9-12-4-5-12)10-13-6-7-13/h11-14H,3-10,15H2,1-2H3. The van der Waals surface area contributed by atoms with Crippen molar-refractivity contribution in [2.75, 3.05) is 19.6 Å². The summed E-state index contributed by atoms with van der Waals surface area (Å²) in [7, 11) is 0. The largest absolute Gasteiger partial charge is 0.329 e. The van der Waals surface area contributed by atoms with Crippen LogP contribution in [-0.2, 0) is 0 Å². The first-order valence-corrected chi connectivity index (χ1v) is 7.18. The molecule has 0 bridgehead atoms. The first kappa shape index (κ1) is 12.4. The quantitative estimate of drug-likeness (QED) is 0.686. The van der Waals surface area contributed by atoms with E-state index in [2.05, 4.69) is 18.7 Å². The molecule has 2 fully saturated rings. The van der Waals surface area contributed by atoms with Crippen molar-refractivity contribution in [3.63, 3.8) is 0 Å². The van der Waals surface area contributed by atoms with E-state index < -0.39 is 0 Å². The number of hydrogen-bond acceptors (Lipinski definition) is 2. The summed E-state index contributed by atoms with van der Waals surface area (Å²) >= 11 is 0. The van der Waals surface area contributed by atoms with Gasteiger partial charge in [-0.1, -0.05) is 20.3 Å². The predicted octanol–water partition coefficient (Wildman–Crippen LogP) is 2.48. The Morgan fingerprint density at radius 3 is 1.94 bits per heavy atom. The number of nitrogens with two attached hydrogens (primary N) is 1. The van der Waals surface area contributed by atoms with E-state index in [-0.39, 0.29) is 0 Å². The van der Waals surface area contributed by atoms with Crippen LogP contribution in [0.3, 0.4) is 0 Å². The van der Waals surface area contributed by atoms with Gasteiger partial charge >= 0.3 is 0 Å². The van der Waals surface area contributed by atoms with E-state index in [1.54, 1.807) is 0 Å². The van der Waals surface area contributed by atoms with Gasteiger partial charge in [-0.15, -0.1) is 0 Å². The Bertz CT molecular complexity index is 195. The summed E-state index contributed by atoms with van der Waals surface area (Å²) in [6.45, 7) is 8.14. The van der Waals surface area contributed by atoms with Crippen molar-refractivity contribution in [1.82, 2.24) is 4.90 Å². The molecule has 16 heavy (non-hydrogen) atoms.